The van der Waals surface area contributed by atoms with Crippen LogP contribution in [0.2, 0.25) is 0 Å². The summed E-state index contributed by atoms with van der Waals surface area (Å²) in [5.41, 5.74) is 5.75. The quantitative estimate of drug-likeness (QED) is 0.808. The minimum absolute atomic E-state index is 0.0744. The number of hydrogen-bond donors (Lipinski definition) is 1. The predicted molar refractivity (Wildman–Crippen MR) is 94.8 cm³/mol. The summed E-state index contributed by atoms with van der Waals surface area (Å²) in [5, 5.41) is -1.21. The molecule has 0 aliphatic heterocycles. The lowest BCUT2D eigenvalue weighted by Gasteiger charge is -2.11. The number of carbonyl (C=O) groups excluding carboxylic acids is 1. The second-order valence-corrected chi connectivity index (χ2v) is 8.53. The van der Waals surface area contributed by atoms with Gasteiger partial charge in [0.2, 0.25) is 0 Å². The van der Waals surface area contributed by atoms with Gasteiger partial charge in [-0.2, -0.15) is 0 Å². The Morgan fingerprint density at radius 3 is 2.46 bits per heavy atom. The zero-order valence-electron chi connectivity index (χ0n) is 14.5. The third-order valence-electron chi connectivity index (χ3n) is 4.70. The van der Waals surface area contributed by atoms with E-state index >= 15 is 0 Å². The maximum absolute atomic E-state index is 13.6. The van der Waals surface area contributed by atoms with Crippen LogP contribution in [0.25, 0.3) is 0 Å². The van der Waals surface area contributed by atoms with Gasteiger partial charge in [0.1, 0.15) is 16.6 Å². The maximum Gasteiger partial charge on any atom is 0.328 e. The molecule has 138 valence electrons. The molecule has 1 aliphatic carbocycles. The molecule has 7 heteroatoms. The molecule has 2 N–H and O–H groups in total. The standard InChI is InChI=1S/C19H20FNO4S/c1-3-25-18(22)19(21)16(13-5-4-6-14(20)11-13)17(19)26(23,24)15-9-7-12(2)8-10-15/h4-11,16-17H,3,21H2,1-2H3/t16-,17+,19+/m1/s1. The molecule has 5 nitrogen and oxygen atoms in total. The van der Waals surface area contributed by atoms with Crippen LogP contribution in [0.1, 0.15) is 24.0 Å². The first kappa shape index (κ1) is 18.5. The lowest BCUT2D eigenvalue weighted by Crippen LogP contribution is -2.41. The smallest absolute Gasteiger partial charge is 0.328 e. The molecule has 26 heavy (non-hydrogen) atoms. The number of rotatable bonds is 5. The molecule has 0 amide bonds. The average Bonchev–Trinajstić information content (AvgIpc) is 3.24. The highest BCUT2D eigenvalue weighted by Crippen LogP contribution is 2.56. The monoisotopic (exact) mass is 377 g/mol. The lowest BCUT2D eigenvalue weighted by atomic mass is 10.1. The van der Waals surface area contributed by atoms with Crippen molar-refractivity contribution in [2.24, 2.45) is 5.73 Å². The van der Waals surface area contributed by atoms with Crippen LogP contribution in [-0.2, 0) is 19.4 Å². The summed E-state index contributed by atoms with van der Waals surface area (Å²) in [7, 11) is -3.91. The van der Waals surface area contributed by atoms with E-state index in [1.54, 1.807) is 25.1 Å². The van der Waals surface area contributed by atoms with Crippen molar-refractivity contribution in [1.82, 2.24) is 0 Å². The number of sulfone groups is 1. The van der Waals surface area contributed by atoms with Gasteiger partial charge in [0.15, 0.2) is 9.84 Å². The van der Waals surface area contributed by atoms with Crippen molar-refractivity contribution in [1.29, 1.82) is 0 Å². The van der Waals surface area contributed by atoms with Gasteiger partial charge in [-0.15, -0.1) is 0 Å². The van der Waals surface area contributed by atoms with E-state index in [1.807, 2.05) is 6.92 Å². The molecule has 1 fully saturated rings. The van der Waals surface area contributed by atoms with Gasteiger partial charge in [0, 0.05) is 5.92 Å². The normalized spacial score (nSPS) is 24.9. The number of esters is 1. The molecule has 3 atom stereocenters. The highest BCUT2D eigenvalue weighted by Gasteiger charge is 2.74. The Balaban J connectivity index is 2.07. The van der Waals surface area contributed by atoms with E-state index in [0.29, 0.717) is 5.56 Å². The Morgan fingerprint density at radius 2 is 1.88 bits per heavy atom. The van der Waals surface area contributed by atoms with Gasteiger partial charge in [-0.25, -0.2) is 17.6 Å². The van der Waals surface area contributed by atoms with Crippen LogP contribution in [0.5, 0.6) is 0 Å². The van der Waals surface area contributed by atoms with Crippen LogP contribution in [0.15, 0.2) is 53.4 Å². The zero-order valence-corrected chi connectivity index (χ0v) is 15.3. The molecular formula is C19H20FNO4S. The van der Waals surface area contributed by atoms with Gasteiger partial charge in [0.25, 0.3) is 0 Å². The molecule has 1 aliphatic rings. The van der Waals surface area contributed by atoms with E-state index < -0.39 is 38.3 Å². The first-order valence-electron chi connectivity index (χ1n) is 8.25. The largest absolute Gasteiger partial charge is 0.465 e. The molecular weight excluding hydrogens is 357 g/mol. The summed E-state index contributed by atoms with van der Waals surface area (Å²) in [5.74, 6) is -2.19. The Labute approximate surface area is 151 Å². The first-order valence-corrected chi connectivity index (χ1v) is 9.79. The van der Waals surface area contributed by atoms with Crippen LogP contribution in [0.4, 0.5) is 4.39 Å². The molecule has 0 aromatic heterocycles. The average molecular weight is 377 g/mol. The Hall–Kier alpha value is -2.25. The topological polar surface area (TPSA) is 86.5 Å². The van der Waals surface area contributed by atoms with Crippen LogP contribution in [-0.4, -0.2) is 31.8 Å². The van der Waals surface area contributed by atoms with Crippen LogP contribution >= 0.6 is 0 Å². The van der Waals surface area contributed by atoms with E-state index in [-0.39, 0.29) is 11.5 Å². The van der Waals surface area contributed by atoms with Crippen molar-refractivity contribution in [3.8, 4) is 0 Å². The highest BCUT2D eigenvalue weighted by molar-refractivity contribution is 7.92. The van der Waals surface area contributed by atoms with E-state index in [9.17, 15) is 17.6 Å². The van der Waals surface area contributed by atoms with Gasteiger partial charge in [-0.1, -0.05) is 29.8 Å². The number of benzene rings is 2. The molecule has 0 radical (unpaired) electrons. The molecule has 1 saturated carbocycles. The lowest BCUT2D eigenvalue weighted by molar-refractivity contribution is -0.145. The number of hydrogen-bond acceptors (Lipinski definition) is 5. The minimum Gasteiger partial charge on any atom is -0.465 e. The van der Waals surface area contributed by atoms with Crippen molar-refractivity contribution >= 4 is 15.8 Å². The van der Waals surface area contributed by atoms with Crippen molar-refractivity contribution in [3.63, 3.8) is 0 Å². The van der Waals surface area contributed by atoms with E-state index in [4.69, 9.17) is 10.5 Å². The Bertz CT molecular complexity index is 942. The van der Waals surface area contributed by atoms with Crippen molar-refractivity contribution < 1.29 is 22.3 Å². The summed E-state index contributed by atoms with van der Waals surface area (Å²) >= 11 is 0. The molecule has 0 bridgehead atoms. The third kappa shape index (κ3) is 2.91. The molecule has 3 rings (SSSR count). The molecule has 0 spiro atoms. The predicted octanol–water partition coefficient (Wildman–Crippen LogP) is 2.33. The number of aryl methyl sites for hydroxylation is 1. The van der Waals surface area contributed by atoms with Gasteiger partial charge in [0.05, 0.1) is 11.5 Å². The molecule has 0 unspecified atom stereocenters. The Kier molecular flexibility index (Phi) is 4.62. The van der Waals surface area contributed by atoms with Crippen molar-refractivity contribution in [2.45, 2.75) is 35.4 Å². The second kappa shape index (κ2) is 6.48. The fourth-order valence-corrected chi connectivity index (χ4v) is 5.56. The van der Waals surface area contributed by atoms with Gasteiger partial charge < -0.3 is 10.5 Å². The van der Waals surface area contributed by atoms with Crippen molar-refractivity contribution in [2.75, 3.05) is 6.61 Å². The third-order valence-corrected chi connectivity index (χ3v) is 6.96. The molecule has 2 aromatic rings. The van der Waals surface area contributed by atoms with E-state index in [1.165, 1.54) is 30.3 Å². The molecule has 0 saturated heterocycles. The second-order valence-electron chi connectivity index (χ2n) is 6.46. The fraction of sp³-hybridized carbons (Fsp3) is 0.316. The maximum atomic E-state index is 13.6. The highest BCUT2D eigenvalue weighted by atomic mass is 32.2. The van der Waals surface area contributed by atoms with Crippen LogP contribution in [0.3, 0.4) is 0 Å². The summed E-state index contributed by atoms with van der Waals surface area (Å²) in [6.45, 7) is 3.53. The molecule has 0 heterocycles. The number of ether oxygens (including phenoxy) is 1. The molecule has 2 aromatic carbocycles. The summed E-state index contributed by atoms with van der Waals surface area (Å²) in [4.78, 5) is 12.5. The number of nitrogens with two attached hydrogens (primary N) is 1. The minimum atomic E-state index is -3.91. The van der Waals surface area contributed by atoms with Gasteiger partial charge in [-0.3, -0.25) is 0 Å². The number of halogens is 1. The van der Waals surface area contributed by atoms with Gasteiger partial charge >= 0.3 is 5.97 Å². The van der Waals surface area contributed by atoms with Crippen molar-refractivity contribution in [3.05, 3.63) is 65.5 Å². The first-order chi connectivity index (χ1) is 12.2. The van der Waals surface area contributed by atoms with E-state index in [0.717, 1.165) is 5.56 Å². The summed E-state index contributed by atoms with van der Waals surface area (Å²) < 4.78 is 44.9. The Morgan fingerprint density at radius 1 is 1.23 bits per heavy atom. The zero-order chi connectivity index (χ0) is 19.1. The summed E-state index contributed by atoms with van der Waals surface area (Å²) in [6, 6.07) is 11.8. The van der Waals surface area contributed by atoms with E-state index in [2.05, 4.69) is 0 Å². The van der Waals surface area contributed by atoms with Crippen LogP contribution < -0.4 is 5.73 Å². The fourth-order valence-electron chi connectivity index (χ4n) is 3.33. The summed E-state index contributed by atoms with van der Waals surface area (Å²) in [6.07, 6.45) is 0. The van der Waals surface area contributed by atoms with Crippen LogP contribution in [0, 0.1) is 12.7 Å². The van der Waals surface area contributed by atoms with Gasteiger partial charge in [-0.05, 0) is 43.7 Å². The SMILES string of the molecule is CCOC(=O)[C@]1(N)[C@H](c2cccc(F)c2)[C@@H]1S(=O)(=O)c1ccc(C)cc1. The number of carbonyl (C=O) groups is 1.